The quantitative estimate of drug-likeness (QED) is 0.665. The third kappa shape index (κ3) is 7.50. The molecule has 0 aliphatic heterocycles. The van der Waals surface area contributed by atoms with Crippen LogP contribution in [0.25, 0.3) is 0 Å². The molecule has 0 atom stereocenters. The second-order valence-electron chi connectivity index (χ2n) is 1.72. The SMILES string of the molecule is C/C(Cl)=C/CCC(=O)O. The Morgan fingerprint density at radius 3 is 2.67 bits per heavy atom. The van der Waals surface area contributed by atoms with Crippen LogP contribution in [-0.2, 0) is 4.79 Å². The van der Waals surface area contributed by atoms with Crippen molar-refractivity contribution < 1.29 is 9.90 Å². The van der Waals surface area contributed by atoms with Crippen molar-refractivity contribution in [3.63, 3.8) is 0 Å². The topological polar surface area (TPSA) is 37.3 Å². The lowest BCUT2D eigenvalue weighted by atomic mass is 10.3. The van der Waals surface area contributed by atoms with Crippen molar-refractivity contribution in [3.8, 4) is 0 Å². The van der Waals surface area contributed by atoms with Crippen molar-refractivity contribution in [3.05, 3.63) is 11.1 Å². The average Bonchev–Trinajstić information content (AvgIpc) is 1.63. The van der Waals surface area contributed by atoms with Crippen LogP contribution in [0.3, 0.4) is 0 Å². The molecule has 0 saturated carbocycles. The highest BCUT2D eigenvalue weighted by Gasteiger charge is 1.91. The highest BCUT2D eigenvalue weighted by Crippen LogP contribution is 2.01. The van der Waals surface area contributed by atoms with Crippen LogP contribution in [0, 0.1) is 0 Å². The summed E-state index contributed by atoms with van der Waals surface area (Å²) in [6, 6.07) is 0. The average molecular weight is 149 g/mol. The zero-order valence-electron chi connectivity index (χ0n) is 5.22. The van der Waals surface area contributed by atoms with E-state index in [2.05, 4.69) is 0 Å². The minimum atomic E-state index is -0.788. The molecule has 0 aliphatic rings. The lowest BCUT2D eigenvalue weighted by Gasteiger charge is -1.86. The van der Waals surface area contributed by atoms with Gasteiger partial charge in [-0.25, -0.2) is 0 Å². The first-order valence-electron chi connectivity index (χ1n) is 2.67. The smallest absolute Gasteiger partial charge is 0.303 e. The van der Waals surface area contributed by atoms with Gasteiger partial charge in [0.05, 0.1) is 0 Å². The number of carbonyl (C=O) groups is 1. The van der Waals surface area contributed by atoms with Gasteiger partial charge in [0.25, 0.3) is 0 Å². The molecular formula is C6H9ClO2. The molecule has 9 heavy (non-hydrogen) atoms. The van der Waals surface area contributed by atoms with Crippen LogP contribution in [0.4, 0.5) is 0 Å². The van der Waals surface area contributed by atoms with E-state index in [1.807, 2.05) is 0 Å². The van der Waals surface area contributed by atoms with Crippen molar-refractivity contribution in [1.82, 2.24) is 0 Å². The Labute approximate surface area is 59.1 Å². The largest absolute Gasteiger partial charge is 0.481 e. The predicted octanol–water partition coefficient (Wildman–Crippen LogP) is 1.99. The Hall–Kier alpha value is -0.500. The molecule has 0 aromatic carbocycles. The second kappa shape index (κ2) is 4.39. The van der Waals surface area contributed by atoms with Gasteiger partial charge in [0.15, 0.2) is 0 Å². The minimum Gasteiger partial charge on any atom is -0.481 e. The van der Waals surface area contributed by atoms with E-state index in [-0.39, 0.29) is 6.42 Å². The first-order valence-corrected chi connectivity index (χ1v) is 3.05. The summed E-state index contributed by atoms with van der Waals surface area (Å²) >= 11 is 5.43. The van der Waals surface area contributed by atoms with E-state index < -0.39 is 5.97 Å². The van der Waals surface area contributed by atoms with Gasteiger partial charge in [0.2, 0.25) is 0 Å². The molecule has 0 amide bonds. The molecule has 0 spiro atoms. The number of hydrogen-bond donors (Lipinski definition) is 1. The number of carboxylic acids is 1. The Balaban J connectivity index is 3.31. The first-order chi connectivity index (χ1) is 4.13. The fourth-order valence-corrected chi connectivity index (χ4v) is 0.504. The molecule has 0 radical (unpaired) electrons. The summed E-state index contributed by atoms with van der Waals surface area (Å²) in [5.41, 5.74) is 0. The summed E-state index contributed by atoms with van der Waals surface area (Å²) in [5, 5.41) is 8.80. The van der Waals surface area contributed by atoms with Crippen LogP contribution in [0.2, 0.25) is 0 Å². The first kappa shape index (κ1) is 8.50. The van der Waals surface area contributed by atoms with E-state index in [4.69, 9.17) is 16.7 Å². The third-order valence-electron chi connectivity index (χ3n) is 0.784. The number of carboxylic acid groups (broad SMARTS) is 1. The van der Waals surface area contributed by atoms with Gasteiger partial charge in [0.1, 0.15) is 0 Å². The maximum atomic E-state index is 9.91. The number of halogens is 1. The highest BCUT2D eigenvalue weighted by molar-refractivity contribution is 6.29. The van der Waals surface area contributed by atoms with E-state index in [1.165, 1.54) is 0 Å². The van der Waals surface area contributed by atoms with Crippen LogP contribution < -0.4 is 0 Å². The molecule has 0 aromatic heterocycles. The maximum Gasteiger partial charge on any atom is 0.303 e. The van der Waals surface area contributed by atoms with Gasteiger partial charge in [-0.1, -0.05) is 17.7 Å². The molecule has 1 N–H and O–H groups in total. The van der Waals surface area contributed by atoms with Gasteiger partial charge in [-0.2, -0.15) is 0 Å². The molecule has 0 rings (SSSR count). The number of hydrogen-bond acceptors (Lipinski definition) is 1. The fourth-order valence-electron chi connectivity index (χ4n) is 0.395. The van der Waals surface area contributed by atoms with Gasteiger partial charge in [-0.3, -0.25) is 4.79 Å². The Morgan fingerprint density at radius 1 is 1.78 bits per heavy atom. The van der Waals surface area contributed by atoms with Crippen molar-refractivity contribution in [2.24, 2.45) is 0 Å². The van der Waals surface area contributed by atoms with Crippen LogP contribution in [0.5, 0.6) is 0 Å². The van der Waals surface area contributed by atoms with Gasteiger partial charge in [0, 0.05) is 11.5 Å². The monoisotopic (exact) mass is 148 g/mol. The van der Waals surface area contributed by atoms with E-state index >= 15 is 0 Å². The number of rotatable bonds is 3. The molecule has 0 aromatic rings. The summed E-state index contributed by atoms with van der Waals surface area (Å²) in [4.78, 5) is 9.91. The summed E-state index contributed by atoms with van der Waals surface area (Å²) in [6.07, 6.45) is 2.37. The van der Waals surface area contributed by atoms with Crippen LogP contribution in [0.15, 0.2) is 11.1 Å². The standard InChI is InChI=1S/C6H9ClO2/c1-5(7)3-2-4-6(8)9/h3H,2,4H2,1H3,(H,8,9)/b5-3-. The summed E-state index contributed by atoms with van der Waals surface area (Å²) in [7, 11) is 0. The Bertz CT molecular complexity index is 125. The van der Waals surface area contributed by atoms with E-state index in [1.54, 1.807) is 13.0 Å². The van der Waals surface area contributed by atoms with Crippen LogP contribution in [-0.4, -0.2) is 11.1 Å². The molecule has 0 fully saturated rings. The van der Waals surface area contributed by atoms with Crippen molar-refractivity contribution in [1.29, 1.82) is 0 Å². The van der Waals surface area contributed by atoms with E-state index in [0.717, 1.165) is 0 Å². The third-order valence-corrected chi connectivity index (χ3v) is 0.938. The molecule has 3 heteroatoms. The van der Waals surface area contributed by atoms with Crippen molar-refractivity contribution in [2.75, 3.05) is 0 Å². The minimum absolute atomic E-state index is 0.157. The van der Waals surface area contributed by atoms with Gasteiger partial charge in [-0.15, -0.1) is 0 Å². The maximum absolute atomic E-state index is 9.91. The number of aliphatic carboxylic acids is 1. The zero-order chi connectivity index (χ0) is 7.28. The summed E-state index contributed by atoms with van der Waals surface area (Å²) < 4.78 is 0. The normalized spacial score (nSPS) is 11.6. The number of allylic oxidation sites excluding steroid dienone is 2. The van der Waals surface area contributed by atoms with E-state index in [0.29, 0.717) is 11.5 Å². The molecule has 2 nitrogen and oxygen atoms in total. The van der Waals surface area contributed by atoms with Gasteiger partial charge in [-0.05, 0) is 13.3 Å². The molecule has 0 saturated heterocycles. The molecule has 0 aliphatic carbocycles. The Kier molecular flexibility index (Phi) is 4.14. The van der Waals surface area contributed by atoms with Gasteiger partial charge >= 0.3 is 5.97 Å². The molecular weight excluding hydrogens is 140 g/mol. The summed E-state index contributed by atoms with van der Waals surface area (Å²) in [5.74, 6) is -0.788. The molecule has 0 unspecified atom stereocenters. The highest BCUT2D eigenvalue weighted by atomic mass is 35.5. The van der Waals surface area contributed by atoms with Gasteiger partial charge < -0.3 is 5.11 Å². The fraction of sp³-hybridized carbons (Fsp3) is 0.500. The molecule has 0 heterocycles. The van der Waals surface area contributed by atoms with Crippen LogP contribution >= 0.6 is 11.6 Å². The Morgan fingerprint density at radius 2 is 2.33 bits per heavy atom. The van der Waals surface area contributed by atoms with E-state index in [9.17, 15) is 4.79 Å². The van der Waals surface area contributed by atoms with Crippen molar-refractivity contribution in [2.45, 2.75) is 19.8 Å². The van der Waals surface area contributed by atoms with Crippen LogP contribution in [0.1, 0.15) is 19.8 Å². The molecule has 52 valence electrons. The molecule has 0 bridgehead atoms. The van der Waals surface area contributed by atoms with Crippen molar-refractivity contribution >= 4 is 17.6 Å². The lowest BCUT2D eigenvalue weighted by Crippen LogP contribution is -1.91. The summed E-state index contributed by atoms with van der Waals surface area (Å²) in [6.45, 7) is 1.73. The zero-order valence-corrected chi connectivity index (χ0v) is 5.98. The second-order valence-corrected chi connectivity index (χ2v) is 2.32. The lowest BCUT2D eigenvalue weighted by molar-refractivity contribution is -0.136. The predicted molar refractivity (Wildman–Crippen MR) is 36.5 cm³/mol.